The molecular formula is C12H12N2O3S. The Hall–Kier alpha value is -1.95. The van der Waals surface area contributed by atoms with Crippen LogP contribution in [-0.4, -0.2) is 12.0 Å². The highest BCUT2D eigenvalue weighted by atomic mass is 32.2. The standard InChI is InChI=1S/C12H12N2O3S/c1-8-10(6-7-17-8)18-11-5-3-4-9(13-2)12(11)14(15)16/h3-7,13H,1-2H3. The van der Waals surface area contributed by atoms with Gasteiger partial charge >= 0.3 is 5.69 Å². The largest absolute Gasteiger partial charge is 0.468 e. The van der Waals surface area contributed by atoms with Crippen molar-refractivity contribution in [3.05, 3.63) is 46.4 Å². The minimum Gasteiger partial charge on any atom is -0.468 e. The van der Waals surface area contributed by atoms with Gasteiger partial charge in [0.1, 0.15) is 11.4 Å². The van der Waals surface area contributed by atoms with Crippen LogP contribution >= 0.6 is 11.8 Å². The molecule has 0 aliphatic heterocycles. The van der Waals surface area contributed by atoms with Crippen LogP contribution in [0.2, 0.25) is 0 Å². The molecule has 0 bridgehead atoms. The van der Waals surface area contributed by atoms with Crippen LogP contribution < -0.4 is 5.32 Å². The number of furan rings is 1. The van der Waals surface area contributed by atoms with Gasteiger partial charge in [-0.15, -0.1) is 0 Å². The molecule has 6 heteroatoms. The first-order valence-electron chi connectivity index (χ1n) is 5.30. The Morgan fingerprint density at radius 1 is 1.33 bits per heavy atom. The molecule has 5 nitrogen and oxygen atoms in total. The van der Waals surface area contributed by atoms with Crippen LogP contribution in [0.3, 0.4) is 0 Å². The van der Waals surface area contributed by atoms with Gasteiger partial charge in [-0.3, -0.25) is 10.1 Å². The highest BCUT2D eigenvalue weighted by Gasteiger charge is 2.20. The molecule has 0 saturated carbocycles. The molecule has 0 saturated heterocycles. The van der Waals surface area contributed by atoms with Gasteiger partial charge in [-0.1, -0.05) is 17.8 Å². The van der Waals surface area contributed by atoms with Crippen molar-refractivity contribution in [1.29, 1.82) is 0 Å². The second-order valence-electron chi connectivity index (χ2n) is 3.60. The summed E-state index contributed by atoms with van der Waals surface area (Å²) in [5.74, 6) is 0.754. The third-order valence-electron chi connectivity index (χ3n) is 2.48. The second-order valence-corrected chi connectivity index (χ2v) is 4.69. The molecule has 1 heterocycles. The predicted octanol–water partition coefficient (Wildman–Crippen LogP) is 3.69. The number of anilines is 1. The molecule has 1 N–H and O–H groups in total. The van der Waals surface area contributed by atoms with Crippen molar-refractivity contribution in [1.82, 2.24) is 0 Å². The van der Waals surface area contributed by atoms with Crippen molar-refractivity contribution in [2.45, 2.75) is 16.7 Å². The van der Waals surface area contributed by atoms with Crippen molar-refractivity contribution in [3.8, 4) is 0 Å². The third-order valence-corrected chi connectivity index (χ3v) is 3.67. The van der Waals surface area contributed by atoms with Gasteiger partial charge < -0.3 is 9.73 Å². The van der Waals surface area contributed by atoms with E-state index in [2.05, 4.69) is 5.32 Å². The Labute approximate surface area is 108 Å². The molecule has 0 fully saturated rings. The van der Waals surface area contributed by atoms with E-state index in [9.17, 15) is 10.1 Å². The number of nitro benzene ring substituents is 1. The highest BCUT2D eigenvalue weighted by molar-refractivity contribution is 7.99. The summed E-state index contributed by atoms with van der Waals surface area (Å²) in [6.07, 6.45) is 1.57. The van der Waals surface area contributed by atoms with E-state index < -0.39 is 0 Å². The lowest BCUT2D eigenvalue weighted by Gasteiger charge is -2.06. The Balaban J connectivity index is 2.44. The van der Waals surface area contributed by atoms with E-state index in [-0.39, 0.29) is 10.6 Å². The number of nitro groups is 1. The molecule has 0 atom stereocenters. The zero-order valence-electron chi connectivity index (χ0n) is 9.97. The van der Waals surface area contributed by atoms with Crippen molar-refractivity contribution >= 4 is 23.1 Å². The van der Waals surface area contributed by atoms with Crippen molar-refractivity contribution in [2.24, 2.45) is 0 Å². The SMILES string of the molecule is CNc1cccc(Sc2ccoc2C)c1[N+](=O)[O-]. The van der Waals surface area contributed by atoms with Gasteiger partial charge in [0.25, 0.3) is 0 Å². The Morgan fingerprint density at radius 3 is 2.67 bits per heavy atom. The highest BCUT2D eigenvalue weighted by Crippen LogP contribution is 2.40. The number of rotatable bonds is 4. The molecule has 2 rings (SSSR count). The first-order valence-corrected chi connectivity index (χ1v) is 6.12. The Kier molecular flexibility index (Phi) is 3.57. The van der Waals surface area contributed by atoms with Crippen LogP contribution in [0.4, 0.5) is 11.4 Å². The first kappa shape index (κ1) is 12.5. The number of aryl methyl sites for hydroxylation is 1. The van der Waals surface area contributed by atoms with Gasteiger partial charge in [-0.05, 0) is 25.1 Å². The van der Waals surface area contributed by atoms with Crippen LogP contribution in [-0.2, 0) is 0 Å². The van der Waals surface area contributed by atoms with Gasteiger partial charge in [-0.25, -0.2) is 0 Å². The summed E-state index contributed by atoms with van der Waals surface area (Å²) in [5.41, 5.74) is 0.594. The summed E-state index contributed by atoms with van der Waals surface area (Å²) in [6.45, 7) is 1.83. The zero-order valence-corrected chi connectivity index (χ0v) is 10.8. The lowest BCUT2D eigenvalue weighted by atomic mass is 10.3. The molecule has 0 unspecified atom stereocenters. The third kappa shape index (κ3) is 2.33. The smallest absolute Gasteiger partial charge is 0.306 e. The Morgan fingerprint density at radius 2 is 2.11 bits per heavy atom. The number of hydrogen-bond acceptors (Lipinski definition) is 5. The van der Waals surface area contributed by atoms with Crippen LogP contribution in [0.25, 0.3) is 0 Å². The maximum Gasteiger partial charge on any atom is 0.306 e. The number of hydrogen-bond donors (Lipinski definition) is 1. The zero-order chi connectivity index (χ0) is 13.1. The summed E-state index contributed by atoms with van der Waals surface area (Å²) in [5, 5.41) is 14.0. The number of benzene rings is 1. The molecule has 2 aromatic rings. The quantitative estimate of drug-likeness (QED) is 0.673. The lowest BCUT2D eigenvalue weighted by Crippen LogP contribution is -1.98. The predicted molar refractivity (Wildman–Crippen MR) is 70.2 cm³/mol. The fourth-order valence-corrected chi connectivity index (χ4v) is 2.57. The van der Waals surface area contributed by atoms with Crippen molar-refractivity contribution in [3.63, 3.8) is 0 Å². The summed E-state index contributed by atoms with van der Waals surface area (Å²) in [4.78, 5) is 12.2. The molecule has 94 valence electrons. The summed E-state index contributed by atoms with van der Waals surface area (Å²) >= 11 is 1.33. The first-order chi connectivity index (χ1) is 8.63. The maximum atomic E-state index is 11.1. The van der Waals surface area contributed by atoms with Gasteiger partial charge in [-0.2, -0.15) is 0 Å². The number of nitrogens with zero attached hydrogens (tertiary/aromatic N) is 1. The molecule has 0 aliphatic rings. The van der Waals surface area contributed by atoms with Gasteiger partial charge in [0.15, 0.2) is 0 Å². The van der Waals surface area contributed by atoms with E-state index in [1.165, 1.54) is 11.8 Å². The Bertz CT molecular complexity index is 580. The molecule has 0 amide bonds. The molecular weight excluding hydrogens is 252 g/mol. The van der Waals surface area contributed by atoms with E-state index in [0.717, 1.165) is 10.7 Å². The van der Waals surface area contributed by atoms with Crippen LogP contribution in [0.5, 0.6) is 0 Å². The fourth-order valence-electron chi connectivity index (χ4n) is 1.59. The van der Waals surface area contributed by atoms with E-state index in [0.29, 0.717) is 10.6 Å². The summed E-state index contributed by atoms with van der Waals surface area (Å²) in [7, 11) is 1.67. The van der Waals surface area contributed by atoms with Gasteiger partial charge in [0, 0.05) is 7.05 Å². The van der Waals surface area contributed by atoms with Gasteiger partial charge in [0.05, 0.1) is 21.0 Å². The second kappa shape index (κ2) is 5.14. The lowest BCUT2D eigenvalue weighted by molar-refractivity contribution is -0.386. The monoisotopic (exact) mass is 264 g/mol. The minimum atomic E-state index is -0.371. The molecule has 18 heavy (non-hydrogen) atoms. The average Bonchev–Trinajstić information content (AvgIpc) is 2.74. The number of nitrogens with one attached hydrogen (secondary N) is 1. The van der Waals surface area contributed by atoms with Gasteiger partial charge in [0.2, 0.25) is 0 Å². The van der Waals surface area contributed by atoms with Crippen molar-refractivity contribution < 1.29 is 9.34 Å². The van der Waals surface area contributed by atoms with Crippen LogP contribution in [0.15, 0.2) is 44.7 Å². The van der Waals surface area contributed by atoms with Crippen LogP contribution in [0.1, 0.15) is 5.76 Å². The molecule has 0 aliphatic carbocycles. The average molecular weight is 264 g/mol. The van der Waals surface area contributed by atoms with Crippen molar-refractivity contribution in [2.75, 3.05) is 12.4 Å². The molecule has 0 spiro atoms. The van der Waals surface area contributed by atoms with E-state index in [1.807, 2.05) is 6.92 Å². The normalized spacial score (nSPS) is 10.3. The molecule has 0 radical (unpaired) electrons. The summed E-state index contributed by atoms with van der Waals surface area (Å²) in [6, 6.07) is 7.01. The van der Waals surface area contributed by atoms with E-state index >= 15 is 0 Å². The minimum absolute atomic E-state index is 0.0885. The van der Waals surface area contributed by atoms with E-state index in [1.54, 1.807) is 37.6 Å². The molecule has 1 aromatic carbocycles. The maximum absolute atomic E-state index is 11.1. The number of para-hydroxylation sites is 1. The van der Waals surface area contributed by atoms with Crippen LogP contribution in [0, 0.1) is 17.0 Å². The van der Waals surface area contributed by atoms with E-state index in [4.69, 9.17) is 4.42 Å². The summed E-state index contributed by atoms with van der Waals surface area (Å²) < 4.78 is 5.19. The molecule has 1 aromatic heterocycles. The topological polar surface area (TPSA) is 68.3 Å². The fraction of sp³-hybridized carbons (Fsp3) is 0.167.